The van der Waals surface area contributed by atoms with E-state index in [1.807, 2.05) is 0 Å². The summed E-state index contributed by atoms with van der Waals surface area (Å²) in [6.45, 7) is 0.241. The van der Waals surface area contributed by atoms with Gasteiger partial charge >= 0.3 is 0 Å². The molecule has 2 rings (SSSR count). The van der Waals surface area contributed by atoms with Crippen LogP contribution in [0.15, 0.2) is 28.7 Å². The summed E-state index contributed by atoms with van der Waals surface area (Å²) in [7, 11) is 1.59. The summed E-state index contributed by atoms with van der Waals surface area (Å²) in [4.78, 5) is 12.9. The number of alkyl halides is 3. The Balaban J connectivity index is 2.26. The maximum atomic E-state index is 12.9. The molecule has 1 aromatic rings. The number of carbonyl (C=O) groups is 1. The lowest BCUT2D eigenvalue weighted by Crippen LogP contribution is -2.41. The van der Waals surface area contributed by atoms with E-state index in [2.05, 4.69) is 31.9 Å². The van der Waals surface area contributed by atoms with Crippen molar-refractivity contribution >= 4 is 43.5 Å². The van der Waals surface area contributed by atoms with Gasteiger partial charge in [0.25, 0.3) is 6.43 Å². The molecule has 1 aromatic carbocycles. The number of halogens is 4. The summed E-state index contributed by atoms with van der Waals surface area (Å²) in [5.74, 6) is 0.268. The molecule has 0 bridgehead atoms. The predicted molar refractivity (Wildman–Crippen MR) is 94.5 cm³/mol. The second kappa shape index (κ2) is 8.92. The summed E-state index contributed by atoms with van der Waals surface area (Å²) in [5.41, 5.74) is 1.15. The van der Waals surface area contributed by atoms with Crippen molar-refractivity contribution in [3.63, 3.8) is 0 Å². The molecule has 1 aliphatic rings. The fourth-order valence-electron chi connectivity index (χ4n) is 2.33. The molecule has 1 unspecified atom stereocenters. The van der Waals surface area contributed by atoms with Crippen molar-refractivity contribution in [2.45, 2.75) is 17.7 Å². The number of amides is 1. The van der Waals surface area contributed by atoms with E-state index < -0.39 is 17.8 Å². The Bertz CT molecular complexity index is 625. The minimum Gasteiger partial charge on any atom is -0.491 e. The Morgan fingerprint density at radius 2 is 2.12 bits per heavy atom. The zero-order valence-electron chi connectivity index (χ0n) is 13.0. The van der Waals surface area contributed by atoms with E-state index in [4.69, 9.17) is 9.47 Å². The first-order valence-corrected chi connectivity index (χ1v) is 9.00. The molecule has 1 aliphatic heterocycles. The fourth-order valence-corrected chi connectivity index (χ4v) is 3.33. The van der Waals surface area contributed by atoms with Gasteiger partial charge in [0.15, 0.2) is 0 Å². The molecule has 24 heavy (non-hydrogen) atoms. The standard InChI is InChI=1S/C16H17Br2F2NO3/c1-23-6-7-24-10-2-3-11(13(18)8-10)14-5-4-12(17)16(22)21(14)9-15(19)20/h2-3,5,8,12,15H,4,6-7,9H2,1H3. The van der Waals surface area contributed by atoms with Gasteiger partial charge in [0.1, 0.15) is 12.4 Å². The lowest BCUT2D eigenvalue weighted by molar-refractivity contribution is -0.129. The van der Waals surface area contributed by atoms with E-state index in [0.717, 1.165) is 4.90 Å². The van der Waals surface area contributed by atoms with Crippen LogP contribution in [0.5, 0.6) is 5.75 Å². The van der Waals surface area contributed by atoms with Crippen LogP contribution in [0.2, 0.25) is 0 Å². The predicted octanol–water partition coefficient (Wildman–Crippen LogP) is 4.08. The molecule has 1 amide bonds. The highest BCUT2D eigenvalue weighted by molar-refractivity contribution is 9.10. The lowest BCUT2D eigenvalue weighted by atomic mass is 10.0. The quantitative estimate of drug-likeness (QED) is 0.447. The summed E-state index contributed by atoms with van der Waals surface area (Å²) in [6.07, 6.45) is -0.369. The number of nitrogens with zero attached hydrogens (tertiary/aromatic N) is 1. The molecule has 4 nitrogen and oxygen atoms in total. The molecule has 1 atom stereocenters. The van der Waals surface area contributed by atoms with E-state index in [0.29, 0.717) is 41.1 Å². The first-order chi connectivity index (χ1) is 11.4. The van der Waals surface area contributed by atoms with Crippen LogP contribution in [0.4, 0.5) is 8.78 Å². The fraction of sp³-hybridized carbons (Fsp3) is 0.438. The minimum absolute atomic E-state index is 0.361. The molecule has 132 valence electrons. The summed E-state index contributed by atoms with van der Waals surface area (Å²) < 4.78 is 36.8. The largest absolute Gasteiger partial charge is 0.491 e. The number of rotatable bonds is 7. The van der Waals surface area contributed by atoms with Gasteiger partial charge < -0.3 is 14.4 Å². The molecular formula is C16H17Br2F2NO3. The van der Waals surface area contributed by atoms with Crippen LogP contribution in [0, 0.1) is 0 Å². The van der Waals surface area contributed by atoms with Crippen molar-refractivity contribution in [3.8, 4) is 5.75 Å². The summed E-state index contributed by atoms with van der Waals surface area (Å²) in [5, 5.41) is 0. The van der Waals surface area contributed by atoms with Crippen LogP contribution in [-0.2, 0) is 9.53 Å². The number of carbonyl (C=O) groups excluding carboxylic acids is 1. The van der Waals surface area contributed by atoms with Crippen LogP contribution in [-0.4, -0.2) is 48.9 Å². The van der Waals surface area contributed by atoms with E-state index in [1.54, 1.807) is 31.4 Å². The summed E-state index contributed by atoms with van der Waals surface area (Å²) in [6, 6.07) is 5.23. The first kappa shape index (κ1) is 19.3. The highest BCUT2D eigenvalue weighted by Crippen LogP contribution is 2.35. The van der Waals surface area contributed by atoms with E-state index >= 15 is 0 Å². The average molecular weight is 469 g/mol. The van der Waals surface area contributed by atoms with Crippen LogP contribution >= 0.6 is 31.9 Å². The highest BCUT2D eigenvalue weighted by Gasteiger charge is 2.31. The first-order valence-electron chi connectivity index (χ1n) is 7.29. The van der Waals surface area contributed by atoms with Gasteiger partial charge in [-0.3, -0.25) is 4.79 Å². The van der Waals surface area contributed by atoms with Crippen molar-refractivity contribution < 1.29 is 23.0 Å². The van der Waals surface area contributed by atoms with Gasteiger partial charge in [-0.05, 0) is 40.5 Å². The van der Waals surface area contributed by atoms with Crippen LogP contribution in [0.25, 0.3) is 5.70 Å². The third-order valence-corrected chi connectivity index (χ3v) is 4.86. The molecule has 0 N–H and O–H groups in total. The molecule has 0 aliphatic carbocycles. The molecule has 0 radical (unpaired) electrons. The minimum atomic E-state index is -2.61. The number of ether oxygens (including phenoxy) is 2. The maximum absolute atomic E-state index is 12.9. The third kappa shape index (κ3) is 4.77. The Morgan fingerprint density at radius 3 is 2.75 bits per heavy atom. The number of methoxy groups -OCH3 is 1. The van der Waals surface area contributed by atoms with Gasteiger partial charge in [0, 0.05) is 22.8 Å². The van der Waals surface area contributed by atoms with Crippen molar-refractivity contribution in [1.82, 2.24) is 4.90 Å². The lowest BCUT2D eigenvalue weighted by Gasteiger charge is -2.31. The van der Waals surface area contributed by atoms with E-state index in [9.17, 15) is 13.6 Å². The Morgan fingerprint density at radius 1 is 1.38 bits per heavy atom. The Kier molecular flexibility index (Phi) is 7.18. The number of benzene rings is 1. The number of hydrogen-bond acceptors (Lipinski definition) is 3. The van der Waals surface area contributed by atoms with Gasteiger partial charge in [-0.1, -0.05) is 22.0 Å². The van der Waals surface area contributed by atoms with Crippen LogP contribution < -0.4 is 4.74 Å². The van der Waals surface area contributed by atoms with Crippen molar-refractivity contribution in [2.24, 2.45) is 0 Å². The van der Waals surface area contributed by atoms with Gasteiger partial charge in [-0.15, -0.1) is 0 Å². The molecule has 1 heterocycles. The molecular weight excluding hydrogens is 452 g/mol. The van der Waals surface area contributed by atoms with Crippen molar-refractivity contribution in [2.75, 3.05) is 26.9 Å². The number of hydrogen-bond donors (Lipinski definition) is 0. The Hall–Kier alpha value is -0.990. The van der Waals surface area contributed by atoms with Gasteiger partial charge in [0.2, 0.25) is 5.91 Å². The van der Waals surface area contributed by atoms with Crippen molar-refractivity contribution in [1.29, 1.82) is 0 Å². The molecule has 0 saturated carbocycles. The van der Waals surface area contributed by atoms with Gasteiger partial charge in [0.05, 0.1) is 18.0 Å². The highest BCUT2D eigenvalue weighted by atomic mass is 79.9. The topological polar surface area (TPSA) is 38.8 Å². The number of allylic oxidation sites excluding steroid dienone is 1. The zero-order valence-corrected chi connectivity index (χ0v) is 16.1. The second-order valence-corrected chi connectivity index (χ2v) is 7.08. The van der Waals surface area contributed by atoms with Crippen molar-refractivity contribution in [3.05, 3.63) is 34.3 Å². The second-order valence-electron chi connectivity index (χ2n) is 5.12. The van der Waals surface area contributed by atoms with E-state index in [1.165, 1.54) is 0 Å². The van der Waals surface area contributed by atoms with Gasteiger partial charge in [-0.25, -0.2) is 8.78 Å². The molecule has 8 heteroatoms. The third-order valence-electron chi connectivity index (χ3n) is 3.44. The SMILES string of the molecule is COCCOc1ccc(C2=CCC(Br)C(=O)N2CC(F)F)c(Br)c1. The van der Waals surface area contributed by atoms with Crippen LogP contribution in [0.1, 0.15) is 12.0 Å². The maximum Gasteiger partial charge on any atom is 0.256 e. The summed E-state index contributed by atoms with van der Waals surface area (Å²) >= 11 is 6.66. The molecule has 0 aromatic heterocycles. The van der Waals surface area contributed by atoms with E-state index in [-0.39, 0.29) is 5.91 Å². The monoisotopic (exact) mass is 467 g/mol. The molecule has 0 saturated heterocycles. The zero-order chi connectivity index (χ0) is 17.7. The normalized spacial score (nSPS) is 18.1. The molecule has 0 fully saturated rings. The van der Waals surface area contributed by atoms with Gasteiger partial charge in [-0.2, -0.15) is 0 Å². The van der Waals surface area contributed by atoms with Crippen LogP contribution in [0.3, 0.4) is 0 Å². The molecule has 0 spiro atoms. The smallest absolute Gasteiger partial charge is 0.256 e. The average Bonchev–Trinajstić information content (AvgIpc) is 2.53. The Labute approximate surface area is 156 Å².